The first-order chi connectivity index (χ1) is 15.9. The van der Waals surface area contributed by atoms with Crippen molar-refractivity contribution in [2.24, 2.45) is 5.92 Å². The second kappa shape index (κ2) is 10.6. The first-order valence-corrected chi connectivity index (χ1v) is 10.6. The first kappa shape index (κ1) is 23.8. The number of hydrogen-bond donors (Lipinski definition) is 1. The zero-order valence-corrected chi connectivity index (χ0v) is 19.1. The molecule has 1 amide bonds. The molecule has 1 N–H and O–H groups in total. The van der Waals surface area contributed by atoms with Crippen LogP contribution in [-0.2, 0) is 28.6 Å². The lowest BCUT2D eigenvalue weighted by molar-refractivity contribution is -0.145. The molecule has 172 valence electrons. The van der Waals surface area contributed by atoms with E-state index in [0.29, 0.717) is 17.5 Å². The average Bonchev–Trinajstić information content (AvgIpc) is 3.14. The summed E-state index contributed by atoms with van der Waals surface area (Å²) in [5, 5.41) is 2.75. The molecule has 1 heterocycles. The van der Waals surface area contributed by atoms with Crippen LogP contribution in [0.4, 0.5) is 0 Å². The summed E-state index contributed by atoms with van der Waals surface area (Å²) >= 11 is 0. The van der Waals surface area contributed by atoms with Crippen LogP contribution in [0.1, 0.15) is 31.4 Å². The smallest absolute Gasteiger partial charge is 0.348 e. The van der Waals surface area contributed by atoms with Crippen molar-refractivity contribution in [3.63, 3.8) is 0 Å². The minimum absolute atomic E-state index is 0.00165. The molecule has 7 heteroatoms. The quantitative estimate of drug-likeness (QED) is 0.488. The summed E-state index contributed by atoms with van der Waals surface area (Å²) in [5.74, 6) is -1.47. The van der Waals surface area contributed by atoms with Gasteiger partial charge in [-0.25, -0.2) is 9.59 Å². The molecule has 0 saturated carbocycles. The third kappa shape index (κ3) is 5.31. The third-order valence-electron chi connectivity index (χ3n) is 5.11. The number of methoxy groups -OCH3 is 2. The van der Waals surface area contributed by atoms with Crippen molar-refractivity contribution in [3.05, 3.63) is 83.3 Å². The van der Waals surface area contributed by atoms with E-state index in [-0.39, 0.29) is 28.6 Å². The Morgan fingerprint density at radius 1 is 0.970 bits per heavy atom. The van der Waals surface area contributed by atoms with Gasteiger partial charge in [-0.3, -0.25) is 4.79 Å². The lowest BCUT2D eigenvalue weighted by atomic mass is 9.99. The van der Waals surface area contributed by atoms with E-state index in [1.807, 2.05) is 26.0 Å². The number of ether oxygens (including phenoxy) is 3. The number of nitrogens with one attached hydrogen (secondary N) is 1. The zero-order valence-electron chi connectivity index (χ0n) is 19.1. The van der Waals surface area contributed by atoms with Crippen LogP contribution in [0.2, 0.25) is 0 Å². The lowest BCUT2D eigenvalue weighted by Gasteiger charge is -2.20. The fraction of sp³-hybridized carbons (Fsp3) is 0.269. The Kier molecular flexibility index (Phi) is 7.66. The molecule has 33 heavy (non-hydrogen) atoms. The van der Waals surface area contributed by atoms with Gasteiger partial charge in [0.1, 0.15) is 11.6 Å². The summed E-state index contributed by atoms with van der Waals surface area (Å²) in [6, 6.07) is 16.9. The van der Waals surface area contributed by atoms with Crippen LogP contribution in [0.3, 0.4) is 0 Å². The molecule has 0 aliphatic carbocycles. The van der Waals surface area contributed by atoms with Crippen LogP contribution in [0, 0.1) is 5.92 Å². The lowest BCUT2D eigenvalue weighted by Crippen LogP contribution is -2.43. The Morgan fingerprint density at radius 3 is 2.12 bits per heavy atom. The predicted molar refractivity (Wildman–Crippen MR) is 123 cm³/mol. The van der Waals surface area contributed by atoms with Crippen molar-refractivity contribution in [1.29, 1.82) is 0 Å². The van der Waals surface area contributed by atoms with Crippen molar-refractivity contribution < 1.29 is 28.6 Å². The number of rotatable bonds is 8. The van der Waals surface area contributed by atoms with Crippen molar-refractivity contribution in [1.82, 2.24) is 5.32 Å². The Labute approximate surface area is 193 Å². The van der Waals surface area contributed by atoms with Crippen LogP contribution in [0.25, 0.3) is 11.1 Å². The summed E-state index contributed by atoms with van der Waals surface area (Å²) in [4.78, 5) is 38.6. The molecule has 7 nitrogen and oxygen atoms in total. The Morgan fingerprint density at radius 2 is 1.58 bits per heavy atom. The SMILES string of the molecule is COC(=O)[C@H](CC(C)C)NC(=O)C(=C1OC(=O)C(c2ccccc2)=C1OC)c1ccccc1. The monoisotopic (exact) mass is 449 g/mol. The molecule has 0 unspecified atom stereocenters. The molecular weight excluding hydrogens is 422 g/mol. The van der Waals surface area contributed by atoms with E-state index < -0.39 is 23.9 Å². The van der Waals surface area contributed by atoms with Gasteiger partial charge in [0.05, 0.1) is 19.8 Å². The molecule has 3 rings (SSSR count). The molecule has 0 bridgehead atoms. The van der Waals surface area contributed by atoms with Gasteiger partial charge in [-0.15, -0.1) is 0 Å². The Bertz CT molecular complexity index is 1090. The van der Waals surface area contributed by atoms with Gasteiger partial charge in [0, 0.05) is 0 Å². The van der Waals surface area contributed by atoms with Crippen molar-refractivity contribution in [3.8, 4) is 0 Å². The van der Waals surface area contributed by atoms with Crippen LogP contribution in [0.15, 0.2) is 72.2 Å². The Balaban J connectivity index is 2.15. The Hall–Kier alpha value is -3.87. The average molecular weight is 450 g/mol. The normalized spacial score (nSPS) is 15.7. The van der Waals surface area contributed by atoms with Gasteiger partial charge in [-0.1, -0.05) is 74.5 Å². The fourth-order valence-corrected chi connectivity index (χ4v) is 3.64. The van der Waals surface area contributed by atoms with Crippen molar-refractivity contribution in [2.45, 2.75) is 26.3 Å². The summed E-state index contributed by atoms with van der Waals surface area (Å²) < 4.78 is 16.0. The van der Waals surface area contributed by atoms with Crippen LogP contribution in [-0.4, -0.2) is 38.1 Å². The third-order valence-corrected chi connectivity index (χ3v) is 5.11. The van der Waals surface area contributed by atoms with E-state index >= 15 is 0 Å². The fourth-order valence-electron chi connectivity index (χ4n) is 3.64. The van der Waals surface area contributed by atoms with Gasteiger partial charge in [-0.2, -0.15) is 0 Å². The molecule has 0 radical (unpaired) electrons. The topological polar surface area (TPSA) is 90.9 Å². The van der Waals surface area contributed by atoms with E-state index in [4.69, 9.17) is 14.2 Å². The second-order valence-electron chi connectivity index (χ2n) is 7.91. The predicted octanol–water partition coefficient (Wildman–Crippen LogP) is 3.72. The number of esters is 2. The first-order valence-electron chi connectivity index (χ1n) is 10.6. The van der Waals surface area contributed by atoms with Crippen LogP contribution >= 0.6 is 0 Å². The van der Waals surface area contributed by atoms with E-state index in [0.717, 1.165) is 0 Å². The number of benzene rings is 2. The van der Waals surface area contributed by atoms with Crippen LogP contribution in [0.5, 0.6) is 0 Å². The largest absolute Gasteiger partial charge is 0.492 e. The van der Waals surface area contributed by atoms with Gasteiger partial charge < -0.3 is 19.5 Å². The molecular formula is C26H27NO6. The second-order valence-corrected chi connectivity index (χ2v) is 7.91. The molecule has 0 spiro atoms. The highest BCUT2D eigenvalue weighted by atomic mass is 16.6. The molecule has 2 aromatic rings. The van der Waals surface area contributed by atoms with Crippen molar-refractivity contribution >= 4 is 29.0 Å². The standard InChI is InChI=1S/C26H27NO6/c1-16(2)15-19(25(29)32-4)27-24(28)20(17-11-7-5-8-12-17)23-22(31-3)21(26(30)33-23)18-13-9-6-10-14-18/h5-14,16,19H,15H2,1-4H3,(H,27,28)/t19-/m0/s1. The number of cyclic esters (lactones) is 1. The van der Waals surface area contributed by atoms with E-state index in [9.17, 15) is 14.4 Å². The van der Waals surface area contributed by atoms with E-state index in [1.54, 1.807) is 48.5 Å². The number of amides is 1. The maximum atomic E-state index is 13.5. The summed E-state index contributed by atoms with van der Waals surface area (Å²) in [6.07, 6.45) is 0.387. The summed E-state index contributed by atoms with van der Waals surface area (Å²) in [6.45, 7) is 3.88. The molecule has 1 aliphatic rings. The van der Waals surface area contributed by atoms with Gasteiger partial charge in [0.15, 0.2) is 11.5 Å². The maximum absolute atomic E-state index is 13.5. The van der Waals surface area contributed by atoms with E-state index in [1.165, 1.54) is 14.2 Å². The highest BCUT2D eigenvalue weighted by molar-refractivity contribution is 6.26. The van der Waals surface area contributed by atoms with Gasteiger partial charge in [0.25, 0.3) is 5.91 Å². The zero-order chi connectivity index (χ0) is 24.0. The maximum Gasteiger partial charge on any atom is 0.348 e. The number of carbonyl (C=O) groups excluding carboxylic acids is 3. The minimum Gasteiger partial charge on any atom is -0.492 e. The molecule has 0 aromatic heterocycles. The molecule has 1 atom stereocenters. The van der Waals surface area contributed by atoms with Gasteiger partial charge in [0.2, 0.25) is 0 Å². The minimum atomic E-state index is -0.859. The molecule has 0 saturated heterocycles. The highest BCUT2D eigenvalue weighted by Crippen LogP contribution is 2.38. The van der Waals surface area contributed by atoms with Crippen LogP contribution < -0.4 is 5.32 Å². The summed E-state index contributed by atoms with van der Waals surface area (Å²) in [7, 11) is 2.69. The van der Waals surface area contributed by atoms with Crippen molar-refractivity contribution in [2.75, 3.05) is 14.2 Å². The molecule has 0 fully saturated rings. The van der Waals surface area contributed by atoms with E-state index in [2.05, 4.69) is 5.32 Å². The molecule has 2 aromatic carbocycles. The van der Waals surface area contributed by atoms with Gasteiger partial charge >= 0.3 is 11.9 Å². The summed E-state index contributed by atoms with van der Waals surface area (Å²) in [5.41, 5.74) is 1.43. The molecule has 1 aliphatic heterocycles. The highest BCUT2D eigenvalue weighted by Gasteiger charge is 2.37. The number of hydrogen-bond acceptors (Lipinski definition) is 6. The van der Waals surface area contributed by atoms with Gasteiger partial charge in [-0.05, 0) is 23.5 Å². The number of carbonyl (C=O) groups is 3.